The van der Waals surface area contributed by atoms with E-state index in [4.69, 9.17) is 4.74 Å². The smallest absolute Gasteiger partial charge is 0.341 e. The molecule has 0 saturated carbocycles. The molecule has 3 rings (SSSR count). The highest BCUT2D eigenvalue weighted by Crippen LogP contribution is 2.38. The number of rotatable bonds is 9. The van der Waals surface area contributed by atoms with Crippen LogP contribution in [0.3, 0.4) is 0 Å². The monoisotopic (exact) mass is 471 g/mol. The summed E-state index contributed by atoms with van der Waals surface area (Å²) < 4.78 is 5.28. The molecule has 2 aromatic rings. The lowest BCUT2D eigenvalue weighted by molar-refractivity contribution is -0.115. The number of nitrogens with zero attached hydrogens (tertiary/aromatic N) is 2. The van der Waals surface area contributed by atoms with Crippen molar-refractivity contribution in [3.8, 4) is 6.07 Å². The average Bonchev–Trinajstić information content (AvgIpc) is 2.94. The highest BCUT2D eigenvalue weighted by Gasteiger charge is 2.26. The summed E-state index contributed by atoms with van der Waals surface area (Å²) in [7, 11) is 0. The van der Waals surface area contributed by atoms with Gasteiger partial charge in [0.15, 0.2) is 0 Å². The summed E-state index contributed by atoms with van der Waals surface area (Å²) in [6, 6.07) is 5.86. The van der Waals surface area contributed by atoms with Gasteiger partial charge in [-0.1, -0.05) is 19.8 Å². The maximum absolute atomic E-state index is 12.7. The number of thioether (sulfide) groups is 1. The second-order valence-corrected chi connectivity index (χ2v) is 9.84. The second-order valence-electron chi connectivity index (χ2n) is 7.65. The number of aryl methyl sites for hydroxylation is 2. The van der Waals surface area contributed by atoms with Crippen molar-refractivity contribution in [2.45, 2.75) is 70.2 Å². The minimum Gasteiger partial charge on any atom is -0.462 e. The van der Waals surface area contributed by atoms with E-state index in [9.17, 15) is 14.9 Å². The molecule has 0 radical (unpaired) electrons. The molecule has 0 spiro atoms. The van der Waals surface area contributed by atoms with Gasteiger partial charge >= 0.3 is 5.97 Å². The number of aromatic nitrogens is 1. The standard InChI is InChI=1S/C24H29N3O3S2/c1-3-8-17-12-11-16(15-25)22(26-17)31-14-13-20(28)27-23-21(24(29)30-4-2)18-9-6-5-7-10-19(18)32-23/h11-12H,3-10,13-14H2,1-2H3,(H,27,28). The predicted octanol–water partition coefficient (Wildman–Crippen LogP) is 5.53. The van der Waals surface area contributed by atoms with Crippen LogP contribution in [0.25, 0.3) is 0 Å². The number of ether oxygens (including phenoxy) is 1. The molecule has 1 amide bonds. The highest BCUT2D eigenvalue weighted by molar-refractivity contribution is 7.99. The minimum atomic E-state index is -0.354. The number of amides is 1. The molecular formula is C24H29N3O3S2. The van der Waals surface area contributed by atoms with Crippen LogP contribution in [0, 0.1) is 11.3 Å². The number of esters is 1. The van der Waals surface area contributed by atoms with Crippen LogP contribution in [0.1, 0.15) is 78.0 Å². The zero-order valence-corrected chi connectivity index (χ0v) is 20.3. The van der Waals surface area contributed by atoms with Gasteiger partial charge in [0.05, 0.1) is 17.7 Å². The molecule has 32 heavy (non-hydrogen) atoms. The molecule has 2 aromatic heterocycles. The average molecular weight is 472 g/mol. The fourth-order valence-corrected chi connectivity index (χ4v) is 5.97. The third-order valence-corrected chi connectivity index (χ3v) is 7.47. The molecule has 8 heteroatoms. The van der Waals surface area contributed by atoms with E-state index in [2.05, 4.69) is 23.3 Å². The van der Waals surface area contributed by atoms with Crippen molar-refractivity contribution >= 4 is 40.0 Å². The van der Waals surface area contributed by atoms with Crippen molar-refractivity contribution in [3.05, 3.63) is 39.4 Å². The predicted molar refractivity (Wildman–Crippen MR) is 128 cm³/mol. The molecule has 1 N–H and O–H groups in total. The maximum atomic E-state index is 12.7. The number of pyridine rings is 1. The van der Waals surface area contributed by atoms with E-state index in [0.717, 1.165) is 56.2 Å². The van der Waals surface area contributed by atoms with Crippen molar-refractivity contribution in [2.24, 2.45) is 0 Å². The van der Waals surface area contributed by atoms with E-state index in [1.165, 1.54) is 28.0 Å². The van der Waals surface area contributed by atoms with Crippen molar-refractivity contribution in [1.82, 2.24) is 4.98 Å². The Kier molecular flexibility index (Phi) is 9.12. The van der Waals surface area contributed by atoms with Gasteiger partial charge < -0.3 is 10.1 Å². The first-order valence-corrected chi connectivity index (χ1v) is 13.0. The van der Waals surface area contributed by atoms with Crippen LogP contribution in [0.5, 0.6) is 0 Å². The number of anilines is 1. The summed E-state index contributed by atoms with van der Waals surface area (Å²) in [4.78, 5) is 31.1. The van der Waals surface area contributed by atoms with Crippen LogP contribution in [-0.2, 0) is 28.8 Å². The normalized spacial score (nSPS) is 13.0. The van der Waals surface area contributed by atoms with Crippen LogP contribution in [0.4, 0.5) is 5.00 Å². The van der Waals surface area contributed by atoms with Gasteiger partial charge in [0.1, 0.15) is 16.1 Å². The minimum absolute atomic E-state index is 0.150. The number of nitriles is 1. The number of fused-ring (bicyclic) bond motifs is 1. The van der Waals surface area contributed by atoms with Crippen LogP contribution in [-0.4, -0.2) is 29.2 Å². The highest BCUT2D eigenvalue weighted by atomic mass is 32.2. The summed E-state index contributed by atoms with van der Waals surface area (Å²) >= 11 is 2.92. The molecule has 0 bridgehead atoms. The van der Waals surface area contributed by atoms with Gasteiger partial charge in [0.25, 0.3) is 0 Å². The van der Waals surface area contributed by atoms with Crippen LogP contribution in [0.2, 0.25) is 0 Å². The molecule has 170 valence electrons. The molecule has 0 unspecified atom stereocenters. The van der Waals surface area contributed by atoms with Gasteiger partial charge in [0, 0.05) is 22.7 Å². The van der Waals surface area contributed by atoms with Gasteiger partial charge in [-0.25, -0.2) is 9.78 Å². The molecule has 0 saturated heterocycles. The first-order chi connectivity index (χ1) is 15.6. The van der Waals surface area contributed by atoms with E-state index in [0.29, 0.717) is 33.5 Å². The van der Waals surface area contributed by atoms with Crippen molar-refractivity contribution in [2.75, 3.05) is 17.7 Å². The molecular weight excluding hydrogens is 442 g/mol. The van der Waals surface area contributed by atoms with Crippen LogP contribution in [0.15, 0.2) is 17.2 Å². The van der Waals surface area contributed by atoms with E-state index >= 15 is 0 Å². The maximum Gasteiger partial charge on any atom is 0.341 e. The van der Waals surface area contributed by atoms with E-state index in [1.54, 1.807) is 13.0 Å². The summed E-state index contributed by atoms with van der Waals surface area (Å²) in [5.41, 5.74) is 3.07. The molecule has 1 aliphatic rings. The zero-order valence-electron chi connectivity index (χ0n) is 18.7. The molecule has 6 nitrogen and oxygen atoms in total. The van der Waals surface area contributed by atoms with Crippen LogP contribution >= 0.6 is 23.1 Å². The lowest BCUT2D eigenvalue weighted by Crippen LogP contribution is -2.15. The lowest BCUT2D eigenvalue weighted by Gasteiger charge is -2.09. The second kappa shape index (κ2) is 12.0. The third kappa shape index (κ3) is 6.11. The number of carbonyl (C=O) groups excluding carboxylic acids is 2. The van der Waals surface area contributed by atoms with Gasteiger partial charge in [-0.05, 0) is 56.7 Å². The summed E-state index contributed by atoms with van der Waals surface area (Å²) in [5.74, 6) is -0.00187. The number of nitrogens with one attached hydrogen (secondary N) is 1. The summed E-state index contributed by atoms with van der Waals surface area (Å²) in [6.07, 6.45) is 7.20. The first-order valence-electron chi connectivity index (χ1n) is 11.2. The lowest BCUT2D eigenvalue weighted by atomic mass is 10.1. The van der Waals surface area contributed by atoms with Crippen molar-refractivity contribution in [1.29, 1.82) is 5.26 Å². The number of hydrogen-bond acceptors (Lipinski definition) is 7. The largest absolute Gasteiger partial charge is 0.462 e. The first kappa shape index (κ1) is 24.3. The molecule has 1 aliphatic carbocycles. The third-order valence-electron chi connectivity index (χ3n) is 5.27. The number of carbonyl (C=O) groups is 2. The Morgan fingerprint density at radius 2 is 2.06 bits per heavy atom. The summed E-state index contributed by atoms with van der Waals surface area (Å²) in [5, 5.41) is 13.6. The summed E-state index contributed by atoms with van der Waals surface area (Å²) in [6.45, 7) is 4.18. The van der Waals surface area contributed by atoms with E-state index in [1.807, 2.05) is 6.07 Å². The Morgan fingerprint density at radius 3 is 2.81 bits per heavy atom. The Hall–Kier alpha value is -2.37. The fraction of sp³-hybridized carbons (Fsp3) is 0.500. The topological polar surface area (TPSA) is 92.1 Å². The molecule has 2 heterocycles. The zero-order chi connectivity index (χ0) is 22.9. The van der Waals surface area contributed by atoms with Crippen molar-refractivity contribution < 1.29 is 14.3 Å². The Balaban J connectivity index is 1.67. The molecule has 0 aliphatic heterocycles. The Labute approximate surface area is 197 Å². The quantitative estimate of drug-likeness (QED) is 0.293. The fourth-order valence-electron chi connectivity index (χ4n) is 3.75. The van der Waals surface area contributed by atoms with Gasteiger partial charge in [0.2, 0.25) is 5.91 Å². The van der Waals surface area contributed by atoms with E-state index in [-0.39, 0.29) is 18.3 Å². The Bertz CT molecular complexity index is 1010. The Morgan fingerprint density at radius 1 is 1.25 bits per heavy atom. The van der Waals surface area contributed by atoms with Gasteiger partial charge in [-0.15, -0.1) is 23.1 Å². The molecule has 0 fully saturated rings. The van der Waals surface area contributed by atoms with Crippen molar-refractivity contribution in [3.63, 3.8) is 0 Å². The number of hydrogen-bond donors (Lipinski definition) is 1. The van der Waals surface area contributed by atoms with Gasteiger partial charge in [-0.3, -0.25) is 4.79 Å². The van der Waals surface area contributed by atoms with Gasteiger partial charge in [-0.2, -0.15) is 5.26 Å². The molecule has 0 atom stereocenters. The van der Waals surface area contributed by atoms with Crippen LogP contribution < -0.4 is 5.32 Å². The molecule has 0 aromatic carbocycles. The number of thiophene rings is 1. The SMILES string of the molecule is CCCc1ccc(C#N)c(SCCC(=O)Nc2sc3c(c2C(=O)OCC)CCCCC3)n1. The van der Waals surface area contributed by atoms with E-state index < -0.39 is 0 Å².